The van der Waals surface area contributed by atoms with Crippen molar-refractivity contribution >= 4 is 21.2 Å². The molecule has 0 aliphatic rings. The second-order valence-corrected chi connectivity index (χ2v) is 5.01. The molecule has 1 aromatic rings. The topological polar surface area (TPSA) is 32.6 Å². The average molecular weight is 256 g/mol. The SMILES string of the molecule is C[Se]CCCN=Cc1ccccc1O. The van der Waals surface area contributed by atoms with Crippen LogP contribution in [0.2, 0.25) is 11.1 Å². The van der Waals surface area contributed by atoms with Gasteiger partial charge in [-0.2, -0.15) is 0 Å². The molecule has 0 aromatic heterocycles. The number of benzene rings is 1. The molecule has 1 aromatic carbocycles. The maximum absolute atomic E-state index is 9.43. The van der Waals surface area contributed by atoms with Crippen LogP contribution in [0, 0.1) is 0 Å². The number of aromatic hydroxyl groups is 1. The van der Waals surface area contributed by atoms with E-state index in [0.717, 1.165) is 33.5 Å². The van der Waals surface area contributed by atoms with Gasteiger partial charge in [0.15, 0.2) is 0 Å². The minimum absolute atomic E-state index is 0.302. The van der Waals surface area contributed by atoms with Crippen molar-refractivity contribution in [2.24, 2.45) is 4.99 Å². The molecule has 0 unspecified atom stereocenters. The van der Waals surface area contributed by atoms with Gasteiger partial charge in [0, 0.05) is 0 Å². The molecule has 3 heteroatoms. The number of aliphatic imine (C=N–C) groups is 1. The number of nitrogens with zero attached hydrogens (tertiary/aromatic N) is 1. The Kier molecular flexibility index (Phi) is 5.35. The Hall–Kier alpha value is -0.791. The molecule has 0 aliphatic carbocycles. The molecule has 0 radical (unpaired) electrons. The van der Waals surface area contributed by atoms with Crippen LogP contribution in [0.15, 0.2) is 29.3 Å². The summed E-state index contributed by atoms with van der Waals surface area (Å²) in [4.78, 5) is 4.26. The van der Waals surface area contributed by atoms with Crippen LogP contribution in [0.25, 0.3) is 0 Å². The molecule has 0 aliphatic heterocycles. The third-order valence-corrected chi connectivity index (χ3v) is 3.27. The molecule has 0 atom stereocenters. The van der Waals surface area contributed by atoms with Gasteiger partial charge in [-0.3, -0.25) is 0 Å². The molecule has 0 spiro atoms. The first-order valence-electron chi connectivity index (χ1n) is 4.61. The number of hydrogen-bond donors (Lipinski definition) is 1. The fourth-order valence-electron chi connectivity index (χ4n) is 1.06. The molecule has 2 nitrogen and oxygen atoms in total. The molecule has 14 heavy (non-hydrogen) atoms. The summed E-state index contributed by atoms with van der Waals surface area (Å²) in [6.07, 6.45) is 2.90. The quantitative estimate of drug-likeness (QED) is 0.489. The normalized spacial score (nSPS) is 10.9. The van der Waals surface area contributed by atoms with Gasteiger partial charge in [0.2, 0.25) is 0 Å². The van der Waals surface area contributed by atoms with E-state index in [9.17, 15) is 5.11 Å². The molecule has 1 rings (SSSR count). The second kappa shape index (κ2) is 6.63. The van der Waals surface area contributed by atoms with Gasteiger partial charge in [0.25, 0.3) is 0 Å². The minimum atomic E-state index is 0.302. The molecular weight excluding hydrogens is 241 g/mol. The number of phenolic OH excluding ortho intramolecular Hbond substituents is 1. The number of para-hydroxylation sites is 1. The van der Waals surface area contributed by atoms with Crippen LogP contribution in [-0.4, -0.2) is 32.8 Å². The van der Waals surface area contributed by atoms with Crippen molar-refractivity contribution in [1.82, 2.24) is 0 Å². The Bertz CT molecular complexity index is 299. The summed E-state index contributed by atoms with van der Waals surface area (Å²) in [6.45, 7) is 0.865. The Morgan fingerprint density at radius 1 is 1.43 bits per heavy atom. The number of phenols is 1. The summed E-state index contributed by atoms with van der Waals surface area (Å²) in [5.74, 6) is 2.54. The van der Waals surface area contributed by atoms with Gasteiger partial charge < -0.3 is 0 Å². The summed E-state index contributed by atoms with van der Waals surface area (Å²) < 4.78 is 0. The van der Waals surface area contributed by atoms with Crippen LogP contribution in [0.5, 0.6) is 5.75 Å². The van der Waals surface area contributed by atoms with Crippen molar-refractivity contribution in [1.29, 1.82) is 0 Å². The average Bonchev–Trinajstić information content (AvgIpc) is 2.20. The van der Waals surface area contributed by atoms with Crippen molar-refractivity contribution in [3.05, 3.63) is 29.8 Å². The van der Waals surface area contributed by atoms with Crippen LogP contribution in [0.3, 0.4) is 0 Å². The molecule has 76 valence electrons. The van der Waals surface area contributed by atoms with Gasteiger partial charge in [-0.05, 0) is 0 Å². The fourth-order valence-corrected chi connectivity index (χ4v) is 1.94. The molecular formula is C11H15NOSe. The molecule has 0 heterocycles. The Balaban J connectivity index is 2.40. The van der Waals surface area contributed by atoms with E-state index < -0.39 is 0 Å². The zero-order chi connectivity index (χ0) is 10.2. The zero-order valence-corrected chi connectivity index (χ0v) is 10.0. The first kappa shape index (κ1) is 11.3. The summed E-state index contributed by atoms with van der Waals surface area (Å²) >= 11 is 0.754. The van der Waals surface area contributed by atoms with E-state index >= 15 is 0 Å². The van der Waals surface area contributed by atoms with E-state index in [-0.39, 0.29) is 0 Å². The van der Waals surface area contributed by atoms with Gasteiger partial charge >= 0.3 is 91.0 Å². The van der Waals surface area contributed by atoms with Crippen molar-refractivity contribution in [2.45, 2.75) is 17.6 Å². The number of hydrogen-bond acceptors (Lipinski definition) is 2. The third-order valence-electron chi connectivity index (χ3n) is 1.80. The van der Waals surface area contributed by atoms with Gasteiger partial charge in [-0.25, -0.2) is 0 Å². The molecule has 0 saturated carbocycles. The third kappa shape index (κ3) is 3.95. The Morgan fingerprint density at radius 3 is 2.93 bits per heavy atom. The van der Waals surface area contributed by atoms with E-state index in [1.165, 1.54) is 5.32 Å². The summed E-state index contributed by atoms with van der Waals surface area (Å²) in [5.41, 5.74) is 0.800. The molecule has 0 saturated heterocycles. The second-order valence-electron chi connectivity index (χ2n) is 2.94. The first-order chi connectivity index (χ1) is 6.84. The van der Waals surface area contributed by atoms with E-state index in [1.807, 2.05) is 18.2 Å². The Labute approximate surface area is 91.2 Å². The van der Waals surface area contributed by atoms with Crippen molar-refractivity contribution in [2.75, 3.05) is 6.54 Å². The van der Waals surface area contributed by atoms with E-state index in [0.29, 0.717) is 5.75 Å². The first-order valence-corrected chi connectivity index (χ1v) is 7.54. The summed E-state index contributed by atoms with van der Waals surface area (Å²) in [6, 6.07) is 7.25. The zero-order valence-electron chi connectivity index (χ0n) is 8.31. The van der Waals surface area contributed by atoms with Gasteiger partial charge in [0.1, 0.15) is 0 Å². The molecule has 1 N–H and O–H groups in total. The monoisotopic (exact) mass is 257 g/mol. The van der Waals surface area contributed by atoms with Crippen LogP contribution in [-0.2, 0) is 0 Å². The predicted molar refractivity (Wildman–Crippen MR) is 61.6 cm³/mol. The van der Waals surface area contributed by atoms with Crippen LogP contribution < -0.4 is 0 Å². The Morgan fingerprint density at radius 2 is 2.21 bits per heavy atom. The van der Waals surface area contributed by atoms with Crippen LogP contribution in [0.4, 0.5) is 0 Å². The van der Waals surface area contributed by atoms with Crippen molar-refractivity contribution in [3.8, 4) is 5.75 Å². The summed E-state index contributed by atoms with van der Waals surface area (Å²) in [7, 11) is 0. The van der Waals surface area contributed by atoms with Crippen LogP contribution in [0.1, 0.15) is 12.0 Å². The molecule has 0 fully saturated rings. The van der Waals surface area contributed by atoms with Gasteiger partial charge in [-0.1, -0.05) is 0 Å². The van der Waals surface area contributed by atoms with E-state index in [2.05, 4.69) is 10.8 Å². The predicted octanol–water partition coefficient (Wildman–Crippen LogP) is 2.37. The fraction of sp³-hybridized carbons (Fsp3) is 0.364. The van der Waals surface area contributed by atoms with Crippen LogP contribution >= 0.6 is 0 Å². The van der Waals surface area contributed by atoms with Gasteiger partial charge in [-0.15, -0.1) is 0 Å². The molecule has 0 amide bonds. The standard InChI is InChI=1S/C11H15NOSe/c1-14-8-4-7-12-9-10-5-2-3-6-11(10)13/h2-3,5-6,9,13H,4,7-8H2,1H3. The van der Waals surface area contributed by atoms with E-state index in [4.69, 9.17) is 0 Å². The number of rotatable bonds is 5. The van der Waals surface area contributed by atoms with Gasteiger partial charge in [0.05, 0.1) is 0 Å². The van der Waals surface area contributed by atoms with E-state index in [1.54, 1.807) is 12.3 Å². The summed E-state index contributed by atoms with van der Waals surface area (Å²) in [5, 5.41) is 10.7. The maximum atomic E-state index is 9.43. The van der Waals surface area contributed by atoms with Crippen molar-refractivity contribution < 1.29 is 5.11 Å². The van der Waals surface area contributed by atoms with Crippen molar-refractivity contribution in [3.63, 3.8) is 0 Å². The molecule has 0 bridgehead atoms.